The van der Waals surface area contributed by atoms with E-state index < -0.39 is 0 Å². The number of amides is 2. The lowest BCUT2D eigenvalue weighted by Crippen LogP contribution is -2.28. The van der Waals surface area contributed by atoms with Gasteiger partial charge in [0.25, 0.3) is 0 Å². The van der Waals surface area contributed by atoms with E-state index in [9.17, 15) is 9.59 Å². The zero-order chi connectivity index (χ0) is 18.3. The number of nitrogens with one attached hydrogen (secondary N) is 1. The topological polar surface area (TPSA) is 62.3 Å². The van der Waals surface area contributed by atoms with Gasteiger partial charge >= 0.3 is 0 Å². The summed E-state index contributed by atoms with van der Waals surface area (Å²) in [5.41, 5.74) is 2.40. The van der Waals surface area contributed by atoms with Gasteiger partial charge in [-0.3, -0.25) is 9.59 Å². The van der Waals surface area contributed by atoms with E-state index in [0.29, 0.717) is 6.54 Å². The third-order valence-corrected chi connectivity index (χ3v) is 5.82. The molecule has 0 radical (unpaired) electrons. The van der Waals surface area contributed by atoms with E-state index in [1.54, 1.807) is 16.2 Å². The van der Waals surface area contributed by atoms with Gasteiger partial charge < -0.3 is 10.2 Å². The highest BCUT2D eigenvalue weighted by Gasteiger charge is 2.35. The normalized spacial score (nSPS) is 17.1. The molecule has 0 aliphatic carbocycles. The highest BCUT2D eigenvalue weighted by Crippen LogP contribution is 2.30. The lowest BCUT2D eigenvalue weighted by molar-refractivity contribution is -0.122. The maximum atomic E-state index is 12.5. The maximum absolute atomic E-state index is 12.5. The molecule has 0 bridgehead atoms. The SMILES string of the molecule is Cc1nc2cc(N3CC(C(=O)Nc4cccc(Br)c4)CC3=O)ccc2s1. The van der Waals surface area contributed by atoms with Crippen molar-refractivity contribution in [3.63, 3.8) is 0 Å². The van der Waals surface area contributed by atoms with E-state index in [0.717, 1.165) is 31.1 Å². The van der Waals surface area contributed by atoms with Crippen molar-refractivity contribution in [2.24, 2.45) is 5.92 Å². The number of hydrogen-bond donors (Lipinski definition) is 1. The summed E-state index contributed by atoms with van der Waals surface area (Å²) in [6.07, 6.45) is 0.216. The van der Waals surface area contributed by atoms with Gasteiger partial charge in [0, 0.05) is 28.8 Å². The summed E-state index contributed by atoms with van der Waals surface area (Å²) < 4.78 is 1.99. The lowest BCUT2D eigenvalue weighted by Gasteiger charge is -2.16. The average Bonchev–Trinajstić information content (AvgIpc) is 3.16. The summed E-state index contributed by atoms with van der Waals surface area (Å²) in [5, 5.41) is 3.89. The first-order valence-corrected chi connectivity index (χ1v) is 9.84. The van der Waals surface area contributed by atoms with Gasteiger partial charge in [-0.05, 0) is 43.3 Å². The van der Waals surface area contributed by atoms with E-state index in [2.05, 4.69) is 26.2 Å². The molecule has 2 amide bonds. The minimum absolute atomic E-state index is 0.0364. The molecular weight excluding hydrogens is 414 g/mol. The Morgan fingerprint density at radius 1 is 1.31 bits per heavy atom. The van der Waals surface area contributed by atoms with Crippen LogP contribution in [0.25, 0.3) is 10.2 Å². The molecule has 1 fully saturated rings. The van der Waals surface area contributed by atoms with Crippen molar-refractivity contribution in [3.8, 4) is 0 Å². The van der Waals surface area contributed by atoms with E-state index in [4.69, 9.17) is 0 Å². The second kappa shape index (κ2) is 6.81. The summed E-state index contributed by atoms with van der Waals surface area (Å²) in [4.78, 5) is 31.2. The van der Waals surface area contributed by atoms with Crippen molar-refractivity contribution in [1.82, 2.24) is 4.98 Å². The highest BCUT2D eigenvalue weighted by molar-refractivity contribution is 9.10. The zero-order valence-corrected chi connectivity index (χ0v) is 16.4. The molecule has 0 spiro atoms. The van der Waals surface area contributed by atoms with Gasteiger partial charge in [0.2, 0.25) is 11.8 Å². The van der Waals surface area contributed by atoms with Crippen LogP contribution in [0.3, 0.4) is 0 Å². The Morgan fingerprint density at radius 3 is 2.96 bits per heavy atom. The molecule has 7 heteroatoms. The number of hydrogen-bond acceptors (Lipinski definition) is 4. The Balaban J connectivity index is 1.51. The molecule has 3 aromatic rings. The Kier molecular flexibility index (Phi) is 4.50. The Morgan fingerprint density at radius 2 is 2.15 bits per heavy atom. The second-order valence-electron chi connectivity index (χ2n) is 6.29. The molecule has 1 saturated heterocycles. The van der Waals surface area contributed by atoms with Gasteiger partial charge in [-0.15, -0.1) is 11.3 Å². The van der Waals surface area contributed by atoms with Crippen LogP contribution < -0.4 is 10.2 Å². The molecule has 26 heavy (non-hydrogen) atoms. The minimum Gasteiger partial charge on any atom is -0.326 e. The summed E-state index contributed by atoms with van der Waals surface area (Å²) in [6.45, 7) is 2.35. The number of anilines is 2. The number of aromatic nitrogens is 1. The first-order valence-electron chi connectivity index (χ1n) is 8.23. The van der Waals surface area contributed by atoms with Gasteiger partial charge in [-0.25, -0.2) is 4.98 Å². The highest BCUT2D eigenvalue weighted by atomic mass is 79.9. The molecule has 2 heterocycles. The Bertz CT molecular complexity index is 1020. The number of halogens is 1. The number of rotatable bonds is 3. The molecule has 5 nitrogen and oxygen atoms in total. The van der Waals surface area contributed by atoms with Crippen LogP contribution in [0.5, 0.6) is 0 Å². The first kappa shape index (κ1) is 17.2. The monoisotopic (exact) mass is 429 g/mol. The van der Waals surface area contributed by atoms with Crippen LogP contribution in [0.2, 0.25) is 0 Å². The van der Waals surface area contributed by atoms with E-state index in [1.165, 1.54) is 0 Å². The predicted octanol–water partition coefficient (Wildman–Crippen LogP) is 4.36. The Hall–Kier alpha value is -2.25. The van der Waals surface area contributed by atoms with E-state index >= 15 is 0 Å². The predicted molar refractivity (Wildman–Crippen MR) is 108 cm³/mol. The van der Waals surface area contributed by atoms with Crippen molar-refractivity contribution >= 4 is 60.7 Å². The van der Waals surface area contributed by atoms with E-state index in [-0.39, 0.29) is 24.2 Å². The molecule has 1 aliphatic heterocycles. The first-order chi connectivity index (χ1) is 12.5. The van der Waals surface area contributed by atoms with Crippen LogP contribution in [-0.4, -0.2) is 23.3 Å². The average molecular weight is 430 g/mol. The van der Waals surface area contributed by atoms with Gasteiger partial charge in [0.15, 0.2) is 0 Å². The summed E-state index contributed by atoms with van der Waals surface area (Å²) in [6, 6.07) is 13.2. The zero-order valence-electron chi connectivity index (χ0n) is 14.0. The fraction of sp³-hybridized carbons (Fsp3) is 0.211. The summed E-state index contributed by atoms with van der Waals surface area (Å²) >= 11 is 5.02. The second-order valence-corrected chi connectivity index (χ2v) is 8.44. The van der Waals surface area contributed by atoms with Crippen molar-refractivity contribution in [1.29, 1.82) is 0 Å². The number of carbonyl (C=O) groups is 2. The maximum Gasteiger partial charge on any atom is 0.229 e. The molecule has 0 saturated carbocycles. The van der Waals surface area contributed by atoms with Crippen LogP contribution >= 0.6 is 27.3 Å². The number of carbonyl (C=O) groups excluding carboxylic acids is 2. The largest absolute Gasteiger partial charge is 0.326 e. The van der Waals surface area contributed by atoms with Gasteiger partial charge in [-0.1, -0.05) is 22.0 Å². The fourth-order valence-electron chi connectivity index (χ4n) is 3.14. The number of thiazole rings is 1. The number of benzene rings is 2. The molecular formula is C19H16BrN3O2S. The summed E-state index contributed by atoms with van der Waals surface area (Å²) in [5.74, 6) is -0.537. The van der Waals surface area contributed by atoms with Crippen LogP contribution in [0.15, 0.2) is 46.9 Å². The van der Waals surface area contributed by atoms with Crippen molar-refractivity contribution in [2.45, 2.75) is 13.3 Å². The van der Waals surface area contributed by atoms with Crippen molar-refractivity contribution < 1.29 is 9.59 Å². The van der Waals surface area contributed by atoms with Crippen LogP contribution in [-0.2, 0) is 9.59 Å². The molecule has 1 aromatic heterocycles. The Labute approximate surface area is 163 Å². The smallest absolute Gasteiger partial charge is 0.229 e. The molecule has 1 aliphatic rings. The van der Waals surface area contributed by atoms with Crippen LogP contribution in [0.4, 0.5) is 11.4 Å². The standard InChI is InChI=1S/C19H16BrN3O2S/c1-11-21-16-9-15(5-6-17(16)26-11)23-10-12(7-18(23)24)19(25)22-14-4-2-3-13(20)8-14/h2-6,8-9,12H,7,10H2,1H3,(H,22,25). The van der Waals surface area contributed by atoms with Gasteiger partial charge in [-0.2, -0.15) is 0 Å². The number of aryl methyl sites for hydroxylation is 1. The lowest BCUT2D eigenvalue weighted by atomic mass is 10.1. The molecule has 2 aromatic carbocycles. The molecule has 132 valence electrons. The number of fused-ring (bicyclic) bond motifs is 1. The molecule has 1 unspecified atom stereocenters. The third-order valence-electron chi connectivity index (χ3n) is 4.38. The van der Waals surface area contributed by atoms with Crippen molar-refractivity contribution in [2.75, 3.05) is 16.8 Å². The molecule has 4 rings (SSSR count). The van der Waals surface area contributed by atoms with Crippen LogP contribution in [0, 0.1) is 12.8 Å². The molecule has 1 atom stereocenters. The summed E-state index contributed by atoms with van der Waals surface area (Å²) in [7, 11) is 0. The van der Waals surface area contributed by atoms with Gasteiger partial charge in [0.1, 0.15) is 0 Å². The fourth-order valence-corrected chi connectivity index (χ4v) is 4.35. The van der Waals surface area contributed by atoms with Crippen molar-refractivity contribution in [3.05, 3.63) is 51.9 Å². The van der Waals surface area contributed by atoms with E-state index in [1.807, 2.05) is 49.4 Å². The molecule has 1 N–H and O–H groups in total. The minimum atomic E-state index is -0.366. The van der Waals surface area contributed by atoms with Gasteiger partial charge in [0.05, 0.1) is 21.1 Å². The van der Waals surface area contributed by atoms with Crippen LogP contribution in [0.1, 0.15) is 11.4 Å². The third kappa shape index (κ3) is 3.37. The quantitative estimate of drug-likeness (QED) is 0.672. The number of nitrogens with zero attached hydrogens (tertiary/aromatic N) is 2.